The highest BCUT2D eigenvalue weighted by Gasteiger charge is 2.19. The molecule has 0 amide bonds. The molecule has 0 saturated carbocycles. The summed E-state index contributed by atoms with van der Waals surface area (Å²) in [5.74, 6) is -0.202. The molecule has 2 aromatic rings. The lowest BCUT2D eigenvalue weighted by Crippen LogP contribution is -2.23. The van der Waals surface area contributed by atoms with Gasteiger partial charge in [0.2, 0.25) is 0 Å². The third-order valence-electron chi connectivity index (χ3n) is 3.19. The van der Waals surface area contributed by atoms with Gasteiger partial charge in [-0.1, -0.05) is 0 Å². The molecule has 0 bridgehead atoms. The molecule has 88 valence electrons. The number of benzene rings is 1. The minimum absolute atomic E-state index is 0.202. The van der Waals surface area contributed by atoms with Gasteiger partial charge in [0.05, 0.1) is 11.4 Å². The minimum atomic E-state index is -0.202. The van der Waals surface area contributed by atoms with Crippen molar-refractivity contribution in [1.29, 1.82) is 0 Å². The zero-order chi connectivity index (χ0) is 11.8. The third-order valence-corrected chi connectivity index (χ3v) is 3.19. The van der Waals surface area contributed by atoms with Crippen molar-refractivity contribution < 1.29 is 4.39 Å². The van der Waals surface area contributed by atoms with Crippen molar-refractivity contribution in [3.8, 4) is 11.3 Å². The normalized spacial score (nSPS) is 14.7. The Balaban J connectivity index is 2.13. The Morgan fingerprint density at radius 1 is 1.29 bits per heavy atom. The van der Waals surface area contributed by atoms with Crippen LogP contribution in [0.25, 0.3) is 11.3 Å². The van der Waals surface area contributed by atoms with Crippen molar-refractivity contribution in [2.45, 2.75) is 13.0 Å². The Morgan fingerprint density at radius 3 is 2.82 bits per heavy atom. The average molecular weight is 231 g/mol. The number of aryl methyl sites for hydroxylation is 1. The van der Waals surface area contributed by atoms with Gasteiger partial charge in [0.1, 0.15) is 5.82 Å². The van der Waals surface area contributed by atoms with Gasteiger partial charge in [0.15, 0.2) is 0 Å². The Morgan fingerprint density at radius 2 is 2.06 bits per heavy atom. The molecule has 0 radical (unpaired) electrons. The molecule has 1 aromatic carbocycles. The van der Waals surface area contributed by atoms with Crippen LogP contribution in [-0.2, 0) is 20.0 Å². The zero-order valence-electron chi connectivity index (χ0n) is 9.70. The van der Waals surface area contributed by atoms with Gasteiger partial charge in [-0.05, 0) is 37.2 Å². The van der Waals surface area contributed by atoms with E-state index < -0.39 is 0 Å². The number of nitrogens with zero attached hydrogens (tertiary/aromatic N) is 2. The summed E-state index contributed by atoms with van der Waals surface area (Å²) < 4.78 is 14.8. The van der Waals surface area contributed by atoms with Gasteiger partial charge in [-0.15, -0.1) is 0 Å². The quantitative estimate of drug-likeness (QED) is 0.812. The second-order valence-electron chi connectivity index (χ2n) is 4.33. The lowest BCUT2D eigenvalue weighted by Gasteiger charge is -2.12. The van der Waals surface area contributed by atoms with E-state index in [4.69, 9.17) is 0 Å². The number of fused-ring (bicyclic) bond motifs is 1. The molecule has 3 rings (SSSR count). The van der Waals surface area contributed by atoms with Crippen LogP contribution in [0.1, 0.15) is 11.3 Å². The van der Waals surface area contributed by atoms with E-state index in [1.165, 1.54) is 17.7 Å². The van der Waals surface area contributed by atoms with Crippen molar-refractivity contribution in [2.24, 2.45) is 7.05 Å². The molecule has 3 nitrogen and oxygen atoms in total. The topological polar surface area (TPSA) is 29.9 Å². The number of hydrogen-bond acceptors (Lipinski definition) is 2. The predicted molar refractivity (Wildman–Crippen MR) is 64.0 cm³/mol. The fraction of sp³-hybridized carbons (Fsp3) is 0.308. The zero-order valence-corrected chi connectivity index (χ0v) is 9.70. The van der Waals surface area contributed by atoms with Crippen LogP contribution in [0, 0.1) is 5.82 Å². The van der Waals surface area contributed by atoms with E-state index in [0.717, 1.165) is 36.5 Å². The molecule has 0 atom stereocenters. The molecule has 1 aromatic heterocycles. The van der Waals surface area contributed by atoms with Crippen molar-refractivity contribution in [3.63, 3.8) is 0 Å². The van der Waals surface area contributed by atoms with E-state index in [1.807, 2.05) is 23.9 Å². The molecule has 0 spiro atoms. The van der Waals surface area contributed by atoms with E-state index in [-0.39, 0.29) is 5.82 Å². The van der Waals surface area contributed by atoms with E-state index in [1.54, 1.807) is 0 Å². The van der Waals surface area contributed by atoms with Crippen LogP contribution < -0.4 is 5.32 Å². The first-order valence-electron chi connectivity index (χ1n) is 5.77. The molecule has 4 heteroatoms. The SMILES string of the molecule is Cn1nc2c(c1-c1ccc(F)cc1)CCNC2. The van der Waals surface area contributed by atoms with Crippen LogP contribution in [0.4, 0.5) is 4.39 Å². The lowest BCUT2D eigenvalue weighted by molar-refractivity contribution is 0.625. The molecule has 1 aliphatic heterocycles. The van der Waals surface area contributed by atoms with Crippen LogP contribution in [0.15, 0.2) is 24.3 Å². The van der Waals surface area contributed by atoms with Crippen molar-refractivity contribution in [1.82, 2.24) is 15.1 Å². The van der Waals surface area contributed by atoms with Gasteiger partial charge in [-0.25, -0.2) is 4.39 Å². The standard InChI is InChI=1S/C13H14FN3/c1-17-13(9-2-4-10(14)5-3-9)11-6-7-15-8-12(11)16-17/h2-5,15H,6-8H2,1H3. The second kappa shape index (κ2) is 3.96. The van der Waals surface area contributed by atoms with Crippen LogP contribution in [-0.4, -0.2) is 16.3 Å². The molecular weight excluding hydrogens is 217 g/mol. The molecular formula is C13H14FN3. The molecule has 1 N–H and O–H groups in total. The number of rotatable bonds is 1. The second-order valence-corrected chi connectivity index (χ2v) is 4.33. The molecule has 1 aliphatic rings. The molecule has 17 heavy (non-hydrogen) atoms. The maximum absolute atomic E-state index is 12.9. The maximum atomic E-state index is 12.9. The van der Waals surface area contributed by atoms with Crippen molar-refractivity contribution >= 4 is 0 Å². The van der Waals surface area contributed by atoms with Gasteiger partial charge in [0.25, 0.3) is 0 Å². The smallest absolute Gasteiger partial charge is 0.123 e. The first-order valence-corrected chi connectivity index (χ1v) is 5.77. The highest BCUT2D eigenvalue weighted by Crippen LogP contribution is 2.27. The minimum Gasteiger partial charge on any atom is -0.311 e. The van der Waals surface area contributed by atoms with E-state index in [2.05, 4.69) is 10.4 Å². The van der Waals surface area contributed by atoms with Crippen molar-refractivity contribution in [2.75, 3.05) is 6.54 Å². The molecule has 0 unspecified atom stereocenters. The molecule has 0 saturated heterocycles. The molecule has 0 aliphatic carbocycles. The largest absolute Gasteiger partial charge is 0.311 e. The summed E-state index contributed by atoms with van der Waals surface area (Å²) in [6.45, 7) is 1.80. The summed E-state index contributed by atoms with van der Waals surface area (Å²) in [6, 6.07) is 6.62. The van der Waals surface area contributed by atoms with Crippen LogP contribution in [0.3, 0.4) is 0 Å². The fourth-order valence-corrected chi connectivity index (χ4v) is 2.42. The third kappa shape index (κ3) is 1.74. The predicted octanol–water partition coefficient (Wildman–Crippen LogP) is 1.87. The van der Waals surface area contributed by atoms with Gasteiger partial charge < -0.3 is 5.32 Å². The van der Waals surface area contributed by atoms with E-state index in [9.17, 15) is 4.39 Å². The summed E-state index contributed by atoms with van der Waals surface area (Å²) in [4.78, 5) is 0. The van der Waals surface area contributed by atoms with Gasteiger partial charge in [0, 0.05) is 24.7 Å². The van der Waals surface area contributed by atoms with E-state index >= 15 is 0 Å². The maximum Gasteiger partial charge on any atom is 0.123 e. The summed E-state index contributed by atoms with van der Waals surface area (Å²) in [5.41, 5.74) is 4.54. The Kier molecular flexibility index (Phi) is 2.44. The lowest BCUT2D eigenvalue weighted by atomic mass is 10.0. The first kappa shape index (κ1) is 10.5. The van der Waals surface area contributed by atoms with Crippen molar-refractivity contribution in [3.05, 3.63) is 41.3 Å². The summed E-state index contributed by atoms with van der Waals surface area (Å²) in [5, 5.41) is 7.82. The number of halogens is 1. The number of hydrogen-bond donors (Lipinski definition) is 1. The van der Waals surface area contributed by atoms with Crippen LogP contribution >= 0.6 is 0 Å². The number of aromatic nitrogens is 2. The first-order chi connectivity index (χ1) is 8.25. The Hall–Kier alpha value is -1.68. The average Bonchev–Trinajstić information content (AvgIpc) is 2.66. The Labute approximate surface area is 99.3 Å². The molecule has 2 heterocycles. The summed E-state index contributed by atoms with van der Waals surface area (Å²) in [7, 11) is 1.94. The Bertz CT molecular complexity index is 543. The summed E-state index contributed by atoms with van der Waals surface area (Å²) >= 11 is 0. The molecule has 0 fully saturated rings. The van der Waals surface area contributed by atoms with Gasteiger partial charge in [-0.2, -0.15) is 5.10 Å². The fourth-order valence-electron chi connectivity index (χ4n) is 2.42. The summed E-state index contributed by atoms with van der Waals surface area (Å²) in [6.07, 6.45) is 0.982. The number of nitrogens with one attached hydrogen (secondary N) is 1. The highest BCUT2D eigenvalue weighted by molar-refractivity contribution is 5.65. The van der Waals surface area contributed by atoms with Gasteiger partial charge >= 0.3 is 0 Å². The van der Waals surface area contributed by atoms with E-state index in [0.29, 0.717) is 0 Å². The van der Waals surface area contributed by atoms with Crippen LogP contribution in [0.5, 0.6) is 0 Å². The van der Waals surface area contributed by atoms with Crippen LogP contribution in [0.2, 0.25) is 0 Å². The highest BCUT2D eigenvalue weighted by atomic mass is 19.1. The monoisotopic (exact) mass is 231 g/mol. The van der Waals surface area contributed by atoms with Gasteiger partial charge in [-0.3, -0.25) is 4.68 Å².